The van der Waals surface area contributed by atoms with Crippen molar-refractivity contribution in [1.82, 2.24) is 0 Å². The van der Waals surface area contributed by atoms with E-state index in [1.165, 1.54) is 70.6 Å². The fourth-order valence-electron chi connectivity index (χ4n) is 2.34. The molecule has 1 unspecified atom stereocenters. The minimum Gasteiger partial charge on any atom is -0.481 e. The largest absolute Gasteiger partial charge is 0.481 e. The van der Waals surface area contributed by atoms with Crippen LogP contribution in [-0.4, -0.2) is 39.9 Å². The van der Waals surface area contributed by atoms with Crippen molar-refractivity contribution in [3.05, 3.63) is 0 Å². The number of unbranched alkanes of at least 4 members (excludes halogenated alkanes) is 12. The average Bonchev–Trinajstić information content (AvgIpc) is 2.58. The predicted octanol–water partition coefficient (Wildman–Crippen LogP) is 5.13. The Labute approximate surface area is 153 Å². The lowest BCUT2D eigenvalue weighted by molar-refractivity contribution is -0.137. The number of rotatable bonds is 16. The average molecular weight is 367 g/mol. The molecule has 0 amide bonds. The minimum atomic E-state index is -0.744. The molecular formula is C19H39ClO4. The number of aliphatic hydroxyl groups excluding tert-OH is 2. The fourth-order valence-corrected chi connectivity index (χ4v) is 2.44. The van der Waals surface area contributed by atoms with Crippen molar-refractivity contribution >= 4 is 17.6 Å². The maximum atomic E-state index is 10.3. The van der Waals surface area contributed by atoms with Crippen molar-refractivity contribution in [2.45, 2.75) is 103 Å². The van der Waals surface area contributed by atoms with Gasteiger partial charge in [-0.15, -0.1) is 11.6 Å². The molecule has 0 aliphatic rings. The maximum Gasteiger partial charge on any atom is 0.303 e. The van der Waals surface area contributed by atoms with E-state index in [1.54, 1.807) is 0 Å². The molecule has 0 bridgehead atoms. The van der Waals surface area contributed by atoms with Gasteiger partial charge in [-0.25, -0.2) is 0 Å². The topological polar surface area (TPSA) is 77.8 Å². The van der Waals surface area contributed by atoms with Crippen LogP contribution in [0, 0.1) is 0 Å². The van der Waals surface area contributed by atoms with Crippen molar-refractivity contribution in [3.63, 3.8) is 0 Å². The van der Waals surface area contributed by atoms with Crippen LogP contribution in [0.4, 0.5) is 0 Å². The van der Waals surface area contributed by atoms with Crippen molar-refractivity contribution in [3.8, 4) is 0 Å². The molecule has 0 radical (unpaired) electrons. The molecule has 1 atom stereocenters. The first-order chi connectivity index (χ1) is 11.6. The van der Waals surface area contributed by atoms with Gasteiger partial charge in [-0.05, 0) is 6.42 Å². The lowest BCUT2D eigenvalue weighted by Gasteiger charge is -2.02. The highest BCUT2D eigenvalue weighted by atomic mass is 35.5. The van der Waals surface area contributed by atoms with Crippen LogP contribution < -0.4 is 0 Å². The van der Waals surface area contributed by atoms with Crippen LogP contribution in [0.2, 0.25) is 0 Å². The van der Waals surface area contributed by atoms with Crippen LogP contribution >= 0.6 is 11.6 Å². The van der Waals surface area contributed by atoms with Crippen LogP contribution in [0.1, 0.15) is 96.8 Å². The second kappa shape index (κ2) is 22.7. The highest BCUT2D eigenvalue weighted by Crippen LogP contribution is 2.12. The van der Waals surface area contributed by atoms with Gasteiger partial charge >= 0.3 is 5.97 Å². The summed E-state index contributed by atoms with van der Waals surface area (Å²) in [5, 5.41) is 24.8. The van der Waals surface area contributed by atoms with E-state index < -0.39 is 12.1 Å². The van der Waals surface area contributed by atoms with E-state index in [0.29, 0.717) is 6.42 Å². The molecule has 0 saturated heterocycles. The molecule has 0 rings (SSSR count). The minimum absolute atomic E-state index is 0.108. The van der Waals surface area contributed by atoms with Gasteiger partial charge in [0.1, 0.15) is 0 Å². The summed E-state index contributed by atoms with van der Waals surface area (Å²) in [7, 11) is 0. The molecule has 0 fully saturated rings. The van der Waals surface area contributed by atoms with Gasteiger partial charge in [0, 0.05) is 6.42 Å². The molecule has 0 aliphatic heterocycles. The van der Waals surface area contributed by atoms with Crippen LogP contribution in [0.15, 0.2) is 0 Å². The van der Waals surface area contributed by atoms with Crippen LogP contribution in [-0.2, 0) is 4.79 Å². The normalized spacial score (nSPS) is 11.7. The first kappa shape index (κ1) is 25.9. The van der Waals surface area contributed by atoms with Gasteiger partial charge in [-0.2, -0.15) is 0 Å². The summed E-state index contributed by atoms with van der Waals surface area (Å²) < 4.78 is 0. The van der Waals surface area contributed by atoms with E-state index in [0.717, 1.165) is 12.8 Å². The first-order valence-corrected chi connectivity index (χ1v) is 10.2. The fraction of sp³-hybridized carbons (Fsp3) is 0.947. The molecule has 0 aromatic carbocycles. The van der Waals surface area contributed by atoms with E-state index in [-0.39, 0.29) is 12.5 Å². The Morgan fingerprint density at radius 2 is 1.21 bits per heavy atom. The number of carbonyl (C=O) groups is 1. The molecule has 0 aromatic rings. The van der Waals surface area contributed by atoms with E-state index in [2.05, 4.69) is 6.92 Å². The third-order valence-electron chi connectivity index (χ3n) is 3.88. The summed E-state index contributed by atoms with van der Waals surface area (Å²) in [6, 6.07) is 0. The van der Waals surface area contributed by atoms with Crippen LogP contribution in [0.5, 0.6) is 0 Å². The number of alkyl halides is 1. The molecule has 24 heavy (non-hydrogen) atoms. The van der Waals surface area contributed by atoms with Gasteiger partial charge in [-0.1, -0.05) is 84.0 Å². The Bertz CT molecular complexity index is 246. The third kappa shape index (κ3) is 26.6. The number of carboxylic acids is 1. The summed E-state index contributed by atoms with van der Waals surface area (Å²) in [6.45, 7) is 2.01. The molecular weight excluding hydrogens is 328 g/mol. The third-order valence-corrected chi connectivity index (χ3v) is 4.24. The number of halogens is 1. The first-order valence-electron chi connectivity index (χ1n) is 9.65. The number of hydrogen-bond donors (Lipinski definition) is 3. The number of aliphatic carboxylic acids is 1. The zero-order chi connectivity index (χ0) is 18.5. The molecule has 146 valence electrons. The second-order valence-corrected chi connectivity index (χ2v) is 6.69. The zero-order valence-corrected chi connectivity index (χ0v) is 16.3. The molecule has 5 heteroatoms. The molecule has 4 nitrogen and oxygen atoms in total. The van der Waals surface area contributed by atoms with Gasteiger partial charge in [-0.3, -0.25) is 4.79 Å². The smallest absolute Gasteiger partial charge is 0.303 e. The van der Waals surface area contributed by atoms with Crippen molar-refractivity contribution in [2.75, 3.05) is 12.5 Å². The Morgan fingerprint density at radius 3 is 1.46 bits per heavy atom. The molecule has 3 N–H and O–H groups in total. The van der Waals surface area contributed by atoms with Gasteiger partial charge in [0.15, 0.2) is 0 Å². The zero-order valence-electron chi connectivity index (χ0n) is 15.5. The number of carboxylic acid groups (broad SMARTS) is 1. The van der Waals surface area contributed by atoms with E-state index >= 15 is 0 Å². The highest BCUT2D eigenvalue weighted by Gasteiger charge is 1.97. The van der Waals surface area contributed by atoms with E-state index in [1.807, 2.05) is 0 Å². The van der Waals surface area contributed by atoms with Crippen LogP contribution in [0.25, 0.3) is 0 Å². The Hall–Kier alpha value is -0.320. The van der Waals surface area contributed by atoms with Crippen LogP contribution in [0.3, 0.4) is 0 Å². The van der Waals surface area contributed by atoms with Gasteiger partial charge in [0.2, 0.25) is 0 Å². The quantitative estimate of drug-likeness (QED) is 0.261. The predicted molar refractivity (Wildman–Crippen MR) is 102 cm³/mol. The maximum absolute atomic E-state index is 10.3. The summed E-state index contributed by atoms with van der Waals surface area (Å²) in [5.41, 5.74) is 0. The lowest BCUT2D eigenvalue weighted by atomic mass is 10.0. The second-order valence-electron chi connectivity index (χ2n) is 6.38. The standard InChI is InChI=1S/C16H32O2.C3H7ClO2/c1-2-3-4-5-6-7-8-9-10-11-12-13-14-15-16(17)18;4-1-3(6)2-5/h2-15H2,1H3,(H,17,18);3,5-6H,1-2H2. The molecule has 0 spiro atoms. The molecule has 0 heterocycles. The highest BCUT2D eigenvalue weighted by molar-refractivity contribution is 6.18. The Morgan fingerprint density at radius 1 is 0.833 bits per heavy atom. The molecule has 0 saturated carbocycles. The number of aliphatic hydroxyl groups is 2. The lowest BCUT2D eigenvalue weighted by Crippen LogP contribution is -2.12. The summed E-state index contributed by atoms with van der Waals surface area (Å²) in [4.78, 5) is 10.3. The summed E-state index contributed by atoms with van der Waals surface area (Å²) >= 11 is 5.04. The van der Waals surface area contributed by atoms with Crippen molar-refractivity contribution in [1.29, 1.82) is 0 Å². The number of hydrogen-bond acceptors (Lipinski definition) is 3. The Kier molecular flexibility index (Phi) is 24.5. The van der Waals surface area contributed by atoms with E-state index in [4.69, 9.17) is 26.9 Å². The van der Waals surface area contributed by atoms with Crippen molar-refractivity contribution < 1.29 is 20.1 Å². The van der Waals surface area contributed by atoms with Crippen molar-refractivity contribution in [2.24, 2.45) is 0 Å². The van der Waals surface area contributed by atoms with Gasteiger partial charge < -0.3 is 15.3 Å². The molecule has 0 aromatic heterocycles. The monoisotopic (exact) mass is 366 g/mol. The van der Waals surface area contributed by atoms with E-state index in [9.17, 15) is 4.79 Å². The SMILES string of the molecule is CCCCCCCCCCCCCCCC(=O)O.OCC(O)CCl. The van der Waals surface area contributed by atoms with Gasteiger partial charge in [0.25, 0.3) is 0 Å². The Balaban J connectivity index is 0. The summed E-state index contributed by atoms with van der Waals surface area (Å²) in [5.74, 6) is -0.547. The van der Waals surface area contributed by atoms with Gasteiger partial charge in [0.05, 0.1) is 18.6 Å². The molecule has 0 aliphatic carbocycles. The summed E-state index contributed by atoms with van der Waals surface area (Å²) in [6.07, 6.45) is 16.5.